The molecular formula is C21H25F2N3O3. The number of rotatable bonds is 4. The molecule has 3 aromatic heterocycles. The molecule has 1 saturated carbocycles. The monoisotopic (exact) mass is 405 g/mol. The van der Waals surface area contributed by atoms with Crippen molar-refractivity contribution in [3.8, 4) is 11.1 Å². The fourth-order valence-electron chi connectivity index (χ4n) is 4.36. The van der Waals surface area contributed by atoms with Crippen LogP contribution in [0.4, 0.5) is 8.78 Å². The van der Waals surface area contributed by atoms with Crippen molar-refractivity contribution in [3.05, 3.63) is 35.5 Å². The maximum atomic E-state index is 13.6. The molecule has 0 unspecified atom stereocenters. The molecule has 4 rings (SSSR count). The van der Waals surface area contributed by atoms with E-state index < -0.39 is 17.8 Å². The molecule has 6 nitrogen and oxygen atoms in total. The van der Waals surface area contributed by atoms with Crippen LogP contribution in [0.5, 0.6) is 0 Å². The Morgan fingerprint density at radius 3 is 2.55 bits per heavy atom. The molecule has 1 aliphatic rings. The third-order valence-electron chi connectivity index (χ3n) is 6.04. The molecule has 0 saturated heterocycles. The number of nitrogens with zero attached hydrogens (tertiary/aromatic N) is 3. The van der Waals surface area contributed by atoms with Crippen LogP contribution in [0.3, 0.4) is 0 Å². The number of hydrogen-bond donors (Lipinski definition) is 2. The maximum absolute atomic E-state index is 13.6. The van der Waals surface area contributed by atoms with E-state index in [9.17, 15) is 19.0 Å². The van der Waals surface area contributed by atoms with Gasteiger partial charge in [-0.1, -0.05) is 12.1 Å². The Morgan fingerprint density at radius 1 is 1.28 bits per heavy atom. The van der Waals surface area contributed by atoms with Gasteiger partial charge in [0.25, 0.3) is 5.91 Å². The second-order valence-electron chi connectivity index (χ2n) is 7.99. The number of pyridine rings is 1. The van der Waals surface area contributed by atoms with Crippen LogP contribution >= 0.6 is 0 Å². The maximum Gasteiger partial charge on any atom is 0.253 e. The van der Waals surface area contributed by atoms with Gasteiger partial charge in [-0.2, -0.15) is 0 Å². The third-order valence-corrected chi connectivity index (χ3v) is 6.04. The zero-order valence-electron chi connectivity index (χ0n) is 16.7. The number of halogens is 2. The van der Waals surface area contributed by atoms with Gasteiger partial charge in [-0.25, -0.2) is 8.78 Å². The van der Waals surface area contributed by atoms with E-state index in [1.54, 1.807) is 19.3 Å². The van der Waals surface area contributed by atoms with Crippen LogP contribution in [0.15, 0.2) is 23.0 Å². The van der Waals surface area contributed by atoms with Gasteiger partial charge in [-0.3, -0.25) is 9.55 Å². The number of hydrogen-bond acceptors (Lipinski definition) is 5. The summed E-state index contributed by atoms with van der Waals surface area (Å²) in [5.41, 5.74) is 4.34. The summed E-state index contributed by atoms with van der Waals surface area (Å²) < 4.78 is 33.8. The van der Waals surface area contributed by atoms with Crippen LogP contribution in [0, 0.1) is 19.8 Å². The van der Waals surface area contributed by atoms with Crippen LogP contribution in [0.1, 0.15) is 49.6 Å². The standard InChI is InChI=1S/C21H25F2N3O3/c1-4-14-11-26(21(27,28)16-5-7-20(22,23)8-6-16)17-9-15(10-24-19(14)17)18-12(2)25-29-13(18)3/h9-11,16,27-28H,4-8H2,1-3H3. The highest BCUT2D eigenvalue weighted by Crippen LogP contribution is 2.43. The lowest BCUT2D eigenvalue weighted by molar-refractivity contribution is -0.275. The summed E-state index contributed by atoms with van der Waals surface area (Å²) in [6.07, 6.45) is 3.43. The second-order valence-corrected chi connectivity index (χ2v) is 7.99. The van der Waals surface area contributed by atoms with Crippen LogP contribution in [-0.2, 0) is 12.3 Å². The van der Waals surface area contributed by atoms with Crippen molar-refractivity contribution in [3.63, 3.8) is 0 Å². The fraction of sp³-hybridized carbons (Fsp3) is 0.524. The molecule has 0 radical (unpaired) electrons. The van der Waals surface area contributed by atoms with Crippen molar-refractivity contribution < 1.29 is 23.5 Å². The van der Waals surface area contributed by atoms with Crippen LogP contribution in [-0.4, -0.2) is 30.8 Å². The molecule has 3 aromatic rings. The van der Waals surface area contributed by atoms with Gasteiger partial charge >= 0.3 is 0 Å². The normalized spacial score (nSPS) is 17.9. The Balaban J connectivity index is 1.82. The van der Waals surface area contributed by atoms with Gasteiger partial charge in [-0.05, 0) is 44.7 Å². The van der Waals surface area contributed by atoms with Crippen LogP contribution < -0.4 is 0 Å². The Bertz CT molecular complexity index is 1030. The zero-order valence-corrected chi connectivity index (χ0v) is 16.7. The summed E-state index contributed by atoms with van der Waals surface area (Å²) in [6.45, 7) is 5.60. The molecule has 0 aromatic carbocycles. The van der Waals surface area contributed by atoms with E-state index in [0.29, 0.717) is 28.9 Å². The average molecular weight is 405 g/mol. The van der Waals surface area contributed by atoms with Crippen molar-refractivity contribution >= 4 is 11.0 Å². The first-order valence-corrected chi connectivity index (χ1v) is 9.90. The summed E-state index contributed by atoms with van der Waals surface area (Å²) >= 11 is 0. The van der Waals surface area contributed by atoms with Crippen molar-refractivity contribution in [2.24, 2.45) is 5.92 Å². The molecule has 1 aliphatic carbocycles. The van der Waals surface area contributed by atoms with Crippen molar-refractivity contribution in [2.45, 2.75) is 64.7 Å². The SMILES string of the molecule is CCc1cn(C(O)(O)C2CCC(F)(F)CC2)c2cc(-c3c(C)noc3C)cnc12. The fourth-order valence-corrected chi connectivity index (χ4v) is 4.36. The molecule has 0 amide bonds. The van der Waals surface area contributed by atoms with E-state index in [1.165, 1.54) is 4.57 Å². The highest BCUT2D eigenvalue weighted by atomic mass is 19.3. The van der Waals surface area contributed by atoms with E-state index in [2.05, 4.69) is 10.1 Å². The predicted octanol–water partition coefficient (Wildman–Crippen LogP) is 4.29. The lowest BCUT2D eigenvalue weighted by Crippen LogP contribution is -2.44. The Hall–Kier alpha value is -2.32. The lowest BCUT2D eigenvalue weighted by Gasteiger charge is -2.37. The minimum absolute atomic E-state index is 0.0398. The highest BCUT2D eigenvalue weighted by molar-refractivity contribution is 5.85. The number of aryl methyl sites for hydroxylation is 3. The van der Waals surface area contributed by atoms with Gasteiger partial charge in [0.1, 0.15) is 5.76 Å². The van der Waals surface area contributed by atoms with Gasteiger partial charge in [0, 0.05) is 42.3 Å². The predicted molar refractivity (Wildman–Crippen MR) is 103 cm³/mol. The summed E-state index contributed by atoms with van der Waals surface area (Å²) in [5.74, 6) is -5.06. The Kier molecular flexibility index (Phi) is 4.74. The first kappa shape index (κ1) is 20.0. The summed E-state index contributed by atoms with van der Waals surface area (Å²) in [4.78, 5) is 4.56. The van der Waals surface area contributed by atoms with Gasteiger partial charge < -0.3 is 14.7 Å². The van der Waals surface area contributed by atoms with Gasteiger partial charge in [0.2, 0.25) is 5.92 Å². The first-order valence-electron chi connectivity index (χ1n) is 9.90. The zero-order chi connectivity index (χ0) is 21.0. The Morgan fingerprint density at radius 2 is 1.97 bits per heavy atom. The van der Waals surface area contributed by atoms with Gasteiger partial charge in [0.05, 0.1) is 16.7 Å². The third kappa shape index (κ3) is 3.34. The van der Waals surface area contributed by atoms with E-state index >= 15 is 0 Å². The quantitative estimate of drug-likeness (QED) is 0.633. The summed E-state index contributed by atoms with van der Waals surface area (Å²) in [5, 5.41) is 26.0. The molecule has 0 aliphatic heterocycles. The second kappa shape index (κ2) is 6.88. The van der Waals surface area contributed by atoms with E-state index in [0.717, 1.165) is 16.7 Å². The molecule has 29 heavy (non-hydrogen) atoms. The number of fused-ring (bicyclic) bond motifs is 1. The number of alkyl halides is 2. The van der Waals surface area contributed by atoms with E-state index in [1.807, 2.05) is 19.9 Å². The number of aliphatic hydroxyl groups is 2. The minimum Gasteiger partial charge on any atom is -0.361 e. The topological polar surface area (TPSA) is 84.3 Å². The molecule has 3 heterocycles. The van der Waals surface area contributed by atoms with Gasteiger partial charge in [-0.15, -0.1) is 0 Å². The summed E-state index contributed by atoms with van der Waals surface area (Å²) in [7, 11) is 0. The average Bonchev–Trinajstić information content (AvgIpc) is 3.21. The molecule has 0 atom stereocenters. The van der Waals surface area contributed by atoms with E-state index in [4.69, 9.17) is 4.52 Å². The van der Waals surface area contributed by atoms with Crippen molar-refractivity contribution in [2.75, 3.05) is 0 Å². The molecule has 2 N–H and O–H groups in total. The minimum atomic E-state index is -2.74. The first-order chi connectivity index (χ1) is 13.6. The van der Waals surface area contributed by atoms with Gasteiger partial charge in [0.15, 0.2) is 0 Å². The smallest absolute Gasteiger partial charge is 0.253 e. The van der Waals surface area contributed by atoms with Crippen molar-refractivity contribution in [1.29, 1.82) is 0 Å². The van der Waals surface area contributed by atoms with Crippen LogP contribution in [0.2, 0.25) is 0 Å². The Labute approximate surface area is 167 Å². The molecule has 0 bridgehead atoms. The van der Waals surface area contributed by atoms with E-state index in [-0.39, 0.29) is 25.7 Å². The van der Waals surface area contributed by atoms with Crippen molar-refractivity contribution in [1.82, 2.24) is 14.7 Å². The number of aromatic nitrogens is 3. The highest BCUT2D eigenvalue weighted by Gasteiger charge is 2.45. The molecule has 1 fully saturated rings. The molecule has 0 spiro atoms. The molecular weight excluding hydrogens is 380 g/mol. The molecule has 8 heteroatoms. The largest absolute Gasteiger partial charge is 0.361 e. The molecule has 156 valence electrons. The lowest BCUT2D eigenvalue weighted by atomic mass is 9.84. The summed E-state index contributed by atoms with van der Waals surface area (Å²) in [6, 6.07) is 1.83. The van der Waals surface area contributed by atoms with Crippen LogP contribution in [0.25, 0.3) is 22.2 Å².